The van der Waals surface area contributed by atoms with Crippen LogP contribution in [-0.4, -0.2) is 18.0 Å². The fraction of sp³-hybridized carbons (Fsp3) is 0.167. The van der Waals surface area contributed by atoms with Gasteiger partial charge < -0.3 is 9.15 Å². The molecule has 1 amide bonds. The number of nitrogens with one attached hydrogen (secondary N) is 1. The largest absolute Gasteiger partial charge is 0.496 e. The van der Waals surface area contributed by atoms with Crippen LogP contribution in [0.4, 0.5) is 5.13 Å². The van der Waals surface area contributed by atoms with Gasteiger partial charge in [0.05, 0.1) is 19.1 Å². The summed E-state index contributed by atoms with van der Waals surface area (Å²) >= 11 is 7.44. The van der Waals surface area contributed by atoms with Crippen molar-refractivity contribution in [3.8, 4) is 16.9 Å². The minimum atomic E-state index is -0.239. The van der Waals surface area contributed by atoms with Gasteiger partial charge in [-0.05, 0) is 50.1 Å². The Morgan fingerprint density at radius 3 is 2.65 bits per heavy atom. The fourth-order valence-electron chi connectivity index (χ4n) is 3.55. The second-order valence-electron chi connectivity index (χ2n) is 7.23. The highest BCUT2D eigenvalue weighted by molar-refractivity contribution is 7.13. The second-order valence-corrected chi connectivity index (χ2v) is 8.52. The molecule has 4 rings (SSSR count). The van der Waals surface area contributed by atoms with Crippen LogP contribution in [0.15, 0.2) is 52.5 Å². The van der Waals surface area contributed by atoms with Gasteiger partial charge in [0.1, 0.15) is 11.3 Å². The molecule has 0 radical (unpaired) electrons. The first-order chi connectivity index (χ1) is 14.9. The van der Waals surface area contributed by atoms with E-state index in [0.29, 0.717) is 15.9 Å². The monoisotopic (exact) mass is 452 g/mol. The molecule has 0 unspecified atom stereocenters. The summed E-state index contributed by atoms with van der Waals surface area (Å²) in [5.74, 6) is 0.438. The zero-order valence-corrected chi connectivity index (χ0v) is 19.1. The third kappa shape index (κ3) is 4.22. The molecule has 7 heteroatoms. The van der Waals surface area contributed by atoms with Crippen LogP contribution in [0.3, 0.4) is 0 Å². The molecule has 4 aromatic rings. The zero-order chi connectivity index (χ0) is 22.1. The zero-order valence-electron chi connectivity index (χ0n) is 17.6. The second kappa shape index (κ2) is 8.57. The number of methoxy groups -OCH3 is 1. The summed E-state index contributed by atoms with van der Waals surface area (Å²) in [6.07, 6.45) is 3.29. The molecule has 0 aliphatic carbocycles. The van der Waals surface area contributed by atoms with Crippen molar-refractivity contribution in [2.24, 2.45) is 0 Å². The van der Waals surface area contributed by atoms with Gasteiger partial charge in [0.25, 0.3) is 0 Å². The summed E-state index contributed by atoms with van der Waals surface area (Å²) in [4.78, 5) is 16.8. The molecule has 0 spiro atoms. The number of furan rings is 1. The van der Waals surface area contributed by atoms with E-state index in [4.69, 9.17) is 20.8 Å². The van der Waals surface area contributed by atoms with Crippen LogP contribution in [0.2, 0.25) is 5.02 Å². The lowest BCUT2D eigenvalue weighted by molar-refractivity contribution is -0.111. The number of allylic oxidation sites excluding steroid dienone is 1. The Kier molecular flexibility index (Phi) is 5.85. The number of ether oxygens (including phenoxy) is 1. The van der Waals surface area contributed by atoms with E-state index >= 15 is 0 Å². The Labute approximate surface area is 189 Å². The van der Waals surface area contributed by atoms with Crippen molar-refractivity contribution in [3.05, 3.63) is 69.9 Å². The quantitative estimate of drug-likeness (QED) is 0.335. The molecule has 158 valence electrons. The number of fused-ring (bicyclic) bond motifs is 1. The molecule has 5 nitrogen and oxygen atoms in total. The molecule has 0 aliphatic heterocycles. The molecule has 0 saturated heterocycles. The van der Waals surface area contributed by atoms with E-state index in [9.17, 15) is 4.79 Å². The van der Waals surface area contributed by atoms with Gasteiger partial charge in [0.2, 0.25) is 5.91 Å². The van der Waals surface area contributed by atoms with E-state index in [1.165, 1.54) is 11.3 Å². The van der Waals surface area contributed by atoms with Crippen LogP contribution in [0.1, 0.15) is 23.7 Å². The van der Waals surface area contributed by atoms with Crippen molar-refractivity contribution < 1.29 is 13.9 Å². The molecule has 1 N–H and O–H groups in total. The van der Waals surface area contributed by atoms with Gasteiger partial charge >= 0.3 is 0 Å². The number of anilines is 1. The Hall–Kier alpha value is -3.09. The third-order valence-electron chi connectivity index (χ3n) is 5.02. The van der Waals surface area contributed by atoms with Crippen molar-refractivity contribution in [2.75, 3.05) is 12.4 Å². The van der Waals surface area contributed by atoms with Gasteiger partial charge in [-0.3, -0.25) is 10.1 Å². The normalized spacial score (nSPS) is 11.7. The summed E-state index contributed by atoms with van der Waals surface area (Å²) in [6.45, 7) is 5.72. The summed E-state index contributed by atoms with van der Waals surface area (Å²) in [5, 5.41) is 6.90. The van der Waals surface area contributed by atoms with Gasteiger partial charge in [-0.25, -0.2) is 4.98 Å². The molecule has 0 bridgehead atoms. The number of amides is 1. The number of rotatable bonds is 5. The summed E-state index contributed by atoms with van der Waals surface area (Å²) in [7, 11) is 1.62. The number of carbonyl (C=O) groups excluding carboxylic acids is 1. The predicted molar refractivity (Wildman–Crippen MR) is 127 cm³/mol. The van der Waals surface area contributed by atoms with Crippen LogP contribution in [0.25, 0.3) is 27.7 Å². The molecular formula is C24H21ClN2O3S. The van der Waals surface area contributed by atoms with Gasteiger partial charge in [-0.2, -0.15) is 0 Å². The maximum atomic E-state index is 12.5. The lowest BCUT2D eigenvalue weighted by atomic mass is 9.96. The SMILES string of the molecule is COc1c(/C(C)=C/C(=O)Nc2nc(C)cs2)cc2c(-c3ccc(Cl)cc3)coc2c1C. The number of aryl methyl sites for hydroxylation is 2. The molecule has 2 aromatic carbocycles. The molecule has 2 aromatic heterocycles. The molecule has 2 heterocycles. The van der Waals surface area contributed by atoms with Gasteiger partial charge in [0, 0.05) is 38.6 Å². The number of aromatic nitrogens is 1. The predicted octanol–water partition coefficient (Wildman–Crippen LogP) is 6.88. The highest BCUT2D eigenvalue weighted by Gasteiger charge is 2.19. The average Bonchev–Trinajstić information content (AvgIpc) is 3.34. The fourth-order valence-corrected chi connectivity index (χ4v) is 4.37. The minimum Gasteiger partial charge on any atom is -0.496 e. The first kappa shape index (κ1) is 21.2. The third-order valence-corrected chi connectivity index (χ3v) is 6.15. The van der Waals surface area contributed by atoms with Crippen LogP contribution >= 0.6 is 22.9 Å². The number of halogens is 1. The van der Waals surface area contributed by atoms with E-state index < -0.39 is 0 Å². The van der Waals surface area contributed by atoms with Crippen molar-refractivity contribution in [3.63, 3.8) is 0 Å². The van der Waals surface area contributed by atoms with E-state index in [-0.39, 0.29) is 5.91 Å². The number of hydrogen-bond donors (Lipinski definition) is 1. The number of carbonyl (C=O) groups is 1. The summed E-state index contributed by atoms with van der Waals surface area (Å²) in [6, 6.07) is 9.61. The van der Waals surface area contributed by atoms with Gasteiger partial charge in [0.15, 0.2) is 5.13 Å². The Balaban J connectivity index is 1.77. The molecule has 0 fully saturated rings. The molecule has 0 atom stereocenters. The average molecular weight is 453 g/mol. The molecule has 0 saturated carbocycles. The van der Waals surface area contributed by atoms with Crippen molar-refractivity contribution in [1.29, 1.82) is 0 Å². The van der Waals surface area contributed by atoms with E-state index in [1.54, 1.807) is 19.4 Å². The van der Waals surface area contributed by atoms with Gasteiger partial charge in [-0.1, -0.05) is 23.7 Å². The van der Waals surface area contributed by atoms with Crippen molar-refractivity contribution in [1.82, 2.24) is 4.98 Å². The summed E-state index contributed by atoms with van der Waals surface area (Å²) < 4.78 is 11.6. The highest BCUT2D eigenvalue weighted by atomic mass is 35.5. The van der Waals surface area contributed by atoms with E-state index in [0.717, 1.165) is 44.5 Å². The van der Waals surface area contributed by atoms with Crippen molar-refractivity contribution in [2.45, 2.75) is 20.8 Å². The first-order valence-corrected chi connectivity index (χ1v) is 10.9. The smallest absolute Gasteiger partial charge is 0.250 e. The number of benzene rings is 2. The number of nitrogens with zero attached hydrogens (tertiary/aromatic N) is 1. The van der Waals surface area contributed by atoms with Crippen LogP contribution in [0, 0.1) is 13.8 Å². The van der Waals surface area contributed by atoms with Gasteiger partial charge in [-0.15, -0.1) is 11.3 Å². The number of hydrogen-bond acceptors (Lipinski definition) is 5. The maximum absolute atomic E-state index is 12.5. The number of thiazole rings is 1. The lowest BCUT2D eigenvalue weighted by Crippen LogP contribution is -2.08. The molecular weight excluding hydrogens is 432 g/mol. The molecule has 31 heavy (non-hydrogen) atoms. The highest BCUT2D eigenvalue weighted by Crippen LogP contribution is 2.40. The van der Waals surface area contributed by atoms with Crippen LogP contribution in [0.5, 0.6) is 5.75 Å². The van der Waals surface area contributed by atoms with Crippen molar-refractivity contribution >= 4 is 50.5 Å². The Morgan fingerprint density at radius 1 is 1.26 bits per heavy atom. The van der Waals surface area contributed by atoms with Crippen LogP contribution < -0.4 is 10.1 Å². The molecule has 0 aliphatic rings. The Morgan fingerprint density at radius 2 is 2.00 bits per heavy atom. The van der Waals surface area contributed by atoms with Crippen LogP contribution in [-0.2, 0) is 4.79 Å². The lowest BCUT2D eigenvalue weighted by Gasteiger charge is -2.13. The maximum Gasteiger partial charge on any atom is 0.250 e. The van der Waals surface area contributed by atoms with E-state index in [2.05, 4.69) is 10.3 Å². The standard InChI is InChI=1S/C24H21ClN2O3S/c1-13(9-21(28)27-24-26-14(2)12-31-24)18-10-19-20(16-5-7-17(25)8-6-16)11-30-23(19)15(3)22(18)29-4/h5-12H,1-4H3,(H,26,27,28)/b13-9+. The Bertz CT molecular complexity index is 1300. The topological polar surface area (TPSA) is 64.4 Å². The van der Waals surface area contributed by atoms with E-state index in [1.807, 2.05) is 56.5 Å². The summed E-state index contributed by atoms with van der Waals surface area (Å²) in [5.41, 5.74) is 6.05. The minimum absolute atomic E-state index is 0.239. The first-order valence-electron chi connectivity index (χ1n) is 9.64.